The van der Waals surface area contributed by atoms with Crippen LogP contribution in [-0.4, -0.2) is 51.5 Å². The van der Waals surface area contributed by atoms with Gasteiger partial charge in [-0.2, -0.15) is 0 Å². The van der Waals surface area contributed by atoms with E-state index in [4.69, 9.17) is 4.74 Å². The number of nitrogens with zero attached hydrogens (tertiary/aromatic N) is 1. The lowest BCUT2D eigenvalue weighted by molar-refractivity contribution is -0.141. The molecule has 0 aliphatic carbocycles. The molecule has 1 aliphatic rings. The Morgan fingerprint density at radius 1 is 1.12 bits per heavy atom. The fourth-order valence-corrected chi connectivity index (χ4v) is 7.36. The van der Waals surface area contributed by atoms with E-state index in [1.54, 1.807) is 0 Å². The smallest absolute Gasteiger partial charge is 0.306 e. The maximum absolute atomic E-state index is 11.5. The highest BCUT2D eigenvalue weighted by Crippen LogP contribution is 2.24. The van der Waals surface area contributed by atoms with Gasteiger partial charge in [0.25, 0.3) is 0 Å². The average Bonchev–Trinajstić information content (AvgIpc) is 2.62. The van der Waals surface area contributed by atoms with Crippen molar-refractivity contribution in [3.8, 4) is 0 Å². The molecule has 5 heteroatoms. The molecule has 1 atom stereocenters. The molecule has 148 valence electrons. The van der Waals surface area contributed by atoms with Crippen molar-refractivity contribution in [3.05, 3.63) is 0 Å². The fraction of sp³-hybridized carbons (Fsp3) is 0.950. The molecule has 4 nitrogen and oxygen atoms in total. The van der Waals surface area contributed by atoms with Crippen molar-refractivity contribution in [3.63, 3.8) is 0 Å². The van der Waals surface area contributed by atoms with Crippen molar-refractivity contribution in [1.82, 2.24) is 10.2 Å². The quantitative estimate of drug-likeness (QED) is 0.293. The summed E-state index contributed by atoms with van der Waals surface area (Å²) in [5.74, 6) is 0.419. The number of hydrogen-bond acceptors (Lipinski definition) is 4. The molecule has 1 rings (SSSR count). The molecule has 0 spiro atoms. The summed E-state index contributed by atoms with van der Waals surface area (Å²) in [6, 6.07) is 1.38. The second-order valence-electron chi connectivity index (χ2n) is 8.29. The van der Waals surface area contributed by atoms with Gasteiger partial charge in [0, 0.05) is 18.9 Å². The lowest BCUT2D eigenvalue weighted by Crippen LogP contribution is -2.64. The fourth-order valence-electron chi connectivity index (χ4n) is 3.98. The second-order valence-corrected chi connectivity index (χ2v) is 13.3. The van der Waals surface area contributed by atoms with E-state index in [1.807, 2.05) is 0 Å². The van der Waals surface area contributed by atoms with Crippen LogP contribution in [0.5, 0.6) is 0 Å². The number of methoxy groups -OCH3 is 1. The Balaban J connectivity index is 2.31. The minimum Gasteiger partial charge on any atom is -0.469 e. The number of nitrogens with one attached hydrogen (secondary N) is 1. The van der Waals surface area contributed by atoms with Gasteiger partial charge in [-0.1, -0.05) is 77.4 Å². The van der Waals surface area contributed by atoms with Crippen LogP contribution in [0.4, 0.5) is 0 Å². The maximum atomic E-state index is 11.5. The molecule has 1 saturated heterocycles. The minimum atomic E-state index is -1.37. The zero-order valence-corrected chi connectivity index (χ0v) is 18.2. The maximum Gasteiger partial charge on any atom is 0.306 e. The molecule has 1 N–H and O–H groups in total. The topological polar surface area (TPSA) is 41.6 Å². The van der Waals surface area contributed by atoms with E-state index in [2.05, 4.69) is 30.2 Å². The van der Waals surface area contributed by atoms with Gasteiger partial charge in [-0.3, -0.25) is 9.69 Å². The summed E-state index contributed by atoms with van der Waals surface area (Å²) in [4.78, 5) is 14.0. The van der Waals surface area contributed by atoms with Crippen LogP contribution in [0.15, 0.2) is 0 Å². The Morgan fingerprint density at radius 3 is 2.40 bits per heavy atom. The van der Waals surface area contributed by atoms with Gasteiger partial charge in [0.1, 0.15) is 0 Å². The first-order chi connectivity index (χ1) is 12.0. The third-order valence-corrected chi connectivity index (χ3v) is 9.26. The van der Waals surface area contributed by atoms with Gasteiger partial charge in [0.05, 0.1) is 21.6 Å². The standard InChI is InChI=1S/C20H42N2O2Si/c1-5-6-7-8-9-10-11-12-18-25(3,4)20-21-15-13-16-22(20)17-14-19(23)24-2/h20-21H,5-18H2,1-4H3. The lowest BCUT2D eigenvalue weighted by atomic mass is 10.1. The van der Waals surface area contributed by atoms with Gasteiger partial charge in [0.2, 0.25) is 0 Å². The number of carbonyl (C=O) groups excluding carboxylic acids is 1. The van der Waals surface area contributed by atoms with Crippen molar-refractivity contribution in [1.29, 1.82) is 0 Å². The highest BCUT2D eigenvalue weighted by atomic mass is 28.3. The van der Waals surface area contributed by atoms with Crippen LogP contribution in [-0.2, 0) is 9.53 Å². The molecule has 1 fully saturated rings. The zero-order valence-electron chi connectivity index (χ0n) is 17.2. The molecule has 1 heterocycles. The van der Waals surface area contributed by atoms with Crippen LogP contribution in [0, 0.1) is 0 Å². The molecule has 1 unspecified atom stereocenters. The monoisotopic (exact) mass is 370 g/mol. The third kappa shape index (κ3) is 9.20. The Kier molecular flexibility index (Phi) is 11.7. The predicted octanol–water partition coefficient (Wildman–Crippen LogP) is 4.56. The molecule has 1 aliphatic heterocycles. The number of unbranched alkanes of at least 4 members (excludes halogenated alkanes) is 7. The number of carbonyl (C=O) groups is 1. The number of ether oxygens (including phenoxy) is 1. The summed E-state index contributed by atoms with van der Waals surface area (Å²) in [7, 11) is 0.115. The summed E-state index contributed by atoms with van der Waals surface area (Å²) in [6.45, 7) is 10.4. The van der Waals surface area contributed by atoms with Crippen LogP contribution in [0.2, 0.25) is 19.1 Å². The average molecular weight is 371 g/mol. The van der Waals surface area contributed by atoms with Gasteiger partial charge in [0.15, 0.2) is 0 Å². The van der Waals surface area contributed by atoms with Crippen LogP contribution >= 0.6 is 0 Å². The summed E-state index contributed by atoms with van der Waals surface area (Å²) in [5, 5.41) is 3.76. The van der Waals surface area contributed by atoms with Crippen LogP contribution in [0.3, 0.4) is 0 Å². The van der Waals surface area contributed by atoms with E-state index < -0.39 is 8.07 Å². The molecule has 0 aromatic rings. The second kappa shape index (κ2) is 12.9. The Hall–Kier alpha value is -0.393. The number of hydrogen-bond donors (Lipinski definition) is 1. The normalized spacial score (nSPS) is 19.1. The van der Waals surface area contributed by atoms with Crippen LogP contribution in [0.25, 0.3) is 0 Å². The van der Waals surface area contributed by atoms with E-state index in [0.29, 0.717) is 12.2 Å². The summed E-state index contributed by atoms with van der Waals surface area (Å²) in [6.07, 6.45) is 12.8. The number of rotatable bonds is 13. The summed E-state index contributed by atoms with van der Waals surface area (Å²) >= 11 is 0. The molecule has 25 heavy (non-hydrogen) atoms. The molecule has 0 saturated carbocycles. The van der Waals surface area contributed by atoms with E-state index in [-0.39, 0.29) is 5.97 Å². The summed E-state index contributed by atoms with van der Waals surface area (Å²) < 4.78 is 4.81. The van der Waals surface area contributed by atoms with E-state index in [1.165, 1.54) is 70.9 Å². The predicted molar refractivity (Wildman–Crippen MR) is 110 cm³/mol. The number of esters is 1. The largest absolute Gasteiger partial charge is 0.469 e. The molecule has 0 amide bonds. The highest BCUT2D eigenvalue weighted by molar-refractivity contribution is 6.78. The molecule has 0 aromatic heterocycles. The van der Waals surface area contributed by atoms with Gasteiger partial charge >= 0.3 is 5.97 Å². The zero-order chi connectivity index (χ0) is 18.5. The summed E-state index contributed by atoms with van der Waals surface area (Å²) in [5.41, 5.74) is 0. The first-order valence-corrected chi connectivity index (χ1v) is 13.8. The Bertz CT molecular complexity index is 364. The van der Waals surface area contributed by atoms with Crippen molar-refractivity contribution in [2.24, 2.45) is 0 Å². The first-order valence-electron chi connectivity index (χ1n) is 10.6. The molecule has 0 radical (unpaired) electrons. The van der Waals surface area contributed by atoms with Crippen molar-refractivity contribution in [2.45, 2.75) is 96.1 Å². The lowest BCUT2D eigenvalue weighted by Gasteiger charge is -2.44. The Morgan fingerprint density at radius 2 is 1.76 bits per heavy atom. The Labute approximate surface area is 157 Å². The van der Waals surface area contributed by atoms with Gasteiger partial charge < -0.3 is 10.1 Å². The molecular weight excluding hydrogens is 328 g/mol. The van der Waals surface area contributed by atoms with E-state index in [9.17, 15) is 4.79 Å². The van der Waals surface area contributed by atoms with E-state index >= 15 is 0 Å². The van der Waals surface area contributed by atoms with Crippen molar-refractivity contribution >= 4 is 14.0 Å². The molecule has 0 bridgehead atoms. The van der Waals surface area contributed by atoms with E-state index in [0.717, 1.165) is 19.6 Å². The third-order valence-electron chi connectivity index (χ3n) is 5.57. The van der Waals surface area contributed by atoms with Gasteiger partial charge in [-0.25, -0.2) is 0 Å². The van der Waals surface area contributed by atoms with Crippen LogP contribution in [0.1, 0.15) is 71.1 Å². The van der Waals surface area contributed by atoms with Crippen LogP contribution < -0.4 is 5.32 Å². The molecule has 0 aromatic carbocycles. The highest BCUT2D eigenvalue weighted by Gasteiger charge is 2.36. The van der Waals surface area contributed by atoms with Crippen molar-refractivity contribution in [2.75, 3.05) is 26.7 Å². The SMILES string of the molecule is CCCCCCCCCC[Si](C)(C)C1NCCCN1CCC(=O)OC. The first kappa shape index (κ1) is 22.6. The molecular formula is C20H42N2O2Si. The van der Waals surface area contributed by atoms with Gasteiger partial charge in [-0.15, -0.1) is 0 Å². The van der Waals surface area contributed by atoms with Gasteiger partial charge in [-0.05, 0) is 13.0 Å². The minimum absolute atomic E-state index is 0.0909. The van der Waals surface area contributed by atoms with Crippen molar-refractivity contribution < 1.29 is 9.53 Å².